The number of likely N-dealkylation sites (tertiary alicyclic amines) is 1. The molecule has 2 atom stereocenters. The number of methoxy groups -OCH3 is 1. The molecule has 7 nitrogen and oxygen atoms in total. The first-order valence-electron chi connectivity index (χ1n) is 11.2. The van der Waals surface area contributed by atoms with Crippen molar-refractivity contribution in [3.05, 3.63) is 29.8 Å². The molecule has 0 bridgehead atoms. The fourth-order valence-electron chi connectivity index (χ4n) is 3.65. The Hall–Kier alpha value is -1.83. The van der Waals surface area contributed by atoms with Crippen molar-refractivity contribution < 1.29 is 14.6 Å². The van der Waals surface area contributed by atoms with Crippen molar-refractivity contribution in [1.82, 2.24) is 15.5 Å². The average molecular weight is 421 g/mol. The van der Waals surface area contributed by atoms with Crippen LogP contribution in [0.4, 0.5) is 0 Å². The molecule has 1 aromatic carbocycles. The van der Waals surface area contributed by atoms with Gasteiger partial charge in [0.15, 0.2) is 5.96 Å². The molecule has 0 aliphatic carbocycles. The highest BCUT2D eigenvalue weighted by atomic mass is 16.5. The highest BCUT2D eigenvalue weighted by Crippen LogP contribution is 2.31. The summed E-state index contributed by atoms with van der Waals surface area (Å²) in [7, 11) is 1.72. The summed E-state index contributed by atoms with van der Waals surface area (Å²) in [5.74, 6) is 2.08. The van der Waals surface area contributed by atoms with Gasteiger partial charge in [-0.05, 0) is 44.8 Å². The average Bonchev–Trinajstić information content (AvgIpc) is 3.26. The van der Waals surface area contributed by atoms with Gasteiger partial charge < -0.3 is 25.2 Å². The van der Waals surface area contributed by atoms with Crippen LogP contribution in [0.3, 0.4) is 0 Å². The number of aliphatic imine (C=N–C) groups is 1. The van der Waals surface area contributed by atoms with Crippen LogP contribution in [0.1, 0.15) is 45.2 Å². The van der Waals surface area contributed by atoms with Crippen molar-refractivity contribution in [2.75, 3.05) is 53.0 Å². The number of aliphatic hydroxyl groups is 1. The van der Waals surface area contributed by atoms with Crippen LogP contribution in [0.5, 0.6) is 5.75 Å². The van der Waals surface area contributed by atoms with Crippen molar-refractivity contribution in [3.8, 4) is 5.75 Å². The highest BCUT2D eigenvalue weighted by Gasteiger charge is 2.26. The van der Waals surface area contributed by atoms with Gasteiger partial charge in [-0.1, -0.05) is 32.0 Å². The number of rotatable bonds is 12. The second kappa shape index (κ2) is 13.5. The van der Waals surface area contributed by atoms with Crippen LogP contribution in [-0.4, -0.2) is 75.1 Å². The van der Waals surface area contributed by atoms with Gasteiger partial charge in [0, 0.05) is 25.3 Å². The Bertz CT molecular complexity index is 633. The number of aliphatic hydroxyl groups excluding tert-OH is 1. The topological polar surface area (TPSA) is 78.4 Å². The van der Waals surface area contributed by atoms with Crippen molar-refractivity contribution in [2.24, 2.45) is 10.9 Å². The number of guanidine groups is 1. The van der Waals surface area contributed by atoms with Gasteiger partial charge >= 0.3 is 0 Å². The molecule has 1 saturated heterocycles. The Morgan fingerprint density at radius 2 is 1.90 bits per heavy atom. The van der Waals surface area contributed by atoms with Gasteiger partial charge in [0.25, 0.3) is 0 Å². The van der Waals surface area contributed by atoms with Gasteiger partial charge in [0.2, 0.25) is 0 Å². The maximum absolute atomic E-state index is 10.2. The molecule has 0 radical (unpaired) electrons. The first-order valence-corrected chi connectivity index (χ1v) is 11.2. The predicted octanol–water partition coefficient (Wildman–Crippen LogP) is 2.42. The number of para-hydroxylation sites is 1. The summed E-state index contributed by atoms with van der Waals surface area (Å²) in [6.07, 6.45) is 1.84. The van der Waals surface area contributed by atoms with Gasteiger partial charge in [-0.25, -0.2) is 0 Å². The SMILES string of the molecule is CCNC(=NCC(O)COCC(C)C)NCC(c1ccccc1OC)N1CCCC1. The number of hydrogen-bond donors (Lipinski definition) is 3. The van der Waals surface area contributed by atoms with E-state index in [1.807, 2.05) is 19.1 Å². The van der Waals surface area contributed by atoms with E-state index in [0.29, 0.717) is 38.2 Å². The molecule has 2 rings (SSSR count). The summed E-state index contributed by atoms with van der Waals surface area (Å²) >= 11 is 0. The minimum atomic E-state index is -0.609. The lowest BCUT2D eigenvalue weighted by Crippen LogP contribution is -2.43. The van der Waals surface area contributed by atoms with E-state index >= 15 is 0 Å². The molecule has 30 heavy (non-hydrogen) atoms. The van der Waals surface area contributed by atoms with E-state index < -0.39 is 6.10 Å². The fourth-order valence-corrected chi connectivity index (χ4v) is 3.65. The maximum atomic E-state index is 10.2. The normalized spacial score (nSPS) is 17.2. The summed E-state index contributed by atoms with van der Waals surface area (Å²) in [6, 6.07) is 8.43. The predicted molar refractivity (Wildman–Crippen MR) is 122 cm³/mol. The van der Waals surface area contributed by atoms with Crippen molar-refractivity contribution in [3.63, 3.8) is 0 Å². The second-order valence-electron chi connectivity index (χ2n) is 8.19. The molecule has 1 fully saturated rings. The lowest BCUT2D eigenvalue weighted by Gasteiger charge is -2.30. The third-order valence-corrected chi connectivity index (χ3v) is 5.11. The van der Waals surface area contributed by atoms with Crippen molar-refractivity contribution >= 4 is 5.96 Å². The smallest absolute Gasteiger partial charge is 0.191 e. The van der Waals surface area contributed by atoms with Crippen LogP contribution >= 0.6 is 0 Å². The molecular formula is C23H40N4O3. The lowest BCUT2D eigenvalue weighted by atomic mass is 10.0. The molecule has 2 unspecified atom stereocenters. The Morgan fingerprint density at radius 3 is 2.57 bits per heavy atom. The van der Waals surface area contributed by atoms with Crippen LogP contribution < -0.4 is 15.4 Å². The molecular weight excluding hydrogens is 380 g/mol. The molecule has 1 aliphatic heterocycles. The van der Waals surface area contributed by atoms with E-state index in [0.717, 1.165) is 25.4 Å². The Labute approximate surface area is 181 Å². The number of ether oxygens (including phenoxy) is 2. The monoisotopic (exact) mass is 420 g/mol. The van der Waals surface area contributed by atoms with Gasteiger partial charge in [-0.15, -0.1) is 0 Å². The molecule has 3 N–H and O–H groups in total. The van der Waals surface area contributed by atoms with E-state index in [2.05, 4.69) is 46.5 Å². The quantitative estimate of drug-likeness (QED) is 0.356. The summed E-state index contributed by atoms with van der Waals surface area (Å²) in [4.78, 5) is 7.06. The number of nitrogens with zero attached hydrogens (tertiary/aromatic N) is 2. The van der Waals surface area contributed by atoms with E-state index in [1.165, 1.54) is 18.4 Å². The molecule has 170 valence electrons. The van der Waals surface area contributed by atoms with Crippen LogP contribution in [-0.2, 0) is 4.74 Å². The summed E-state index contributed by atoms with van der Waals surface area (Å²) in [5.41, 5.74) is 1.19. The standard InChI is InChI=1S/C23H40N4O3/c1-5-24-23(25-14-19(28)17-30-16-18(2)3)26-15-21(27-12-8-9-13-27)20-10-6-7-11-22(20)29-4/h6-7,10-11,18-19,21,28H,5,8-9,12-17H2,1-4H3,(H2,24,25,26). The number of benzene rings is 1. The Kier molecular flexibility index (Phi) is 11.0. The van der Waals surface area contributed by atoms with Crippen molar-refractivity contribution in [1.29, 1.82) is 0 Å². The summed E-state index contributed by atoms with van der Waals surface area (Å²) in [5, 5.41) is 16.9. The Morgan fingerprint density at radius 1 is 1.17 bits per heavy atom. The van der Waals surface area contributed by atoms with Gasteiger partial charge in [0.1, 0.15) is 5.75 Å². The molecule has 0 aromatic heterocycles. The first-order chi connectivity index (χ1) is 14.5. The zero-order valence-corrected chi connectivity index (χ0v) is 19.1. The van der Waals surface area contributed by atoms with Crippen molar-refractivity contribution in [2.45, 2.75) is 45.8 Å². The number of nitrogens with one attached hydrogen (secondary N) is 2. The van der Waals surface area contributed by atoms with Crippen LogP contribution in [0.25, 0.3) is 0 Å². The molecule has 0 spiro atoms. The Balaban J connectivity index is 2.01. The minimum absolute atomic E-state index is 0.201. The van der Waals surface area contributed by atoms with Gasteiger partial charge in [0.05, 0.1) is 32.4 Å². The van der Waals surface area contributed by atoms with E-state index in [-0.39, 0.29) is 6.04 Å². The van der Waals surface area contributed by atoms with Gasteiger partial charge in [-0.2, -0.15) is 0 Å². The maximum Gasteiger partial charge on any atom is 0.191 e. The molecule has 7 heteroatoms. The van der Waals surface area contributed by atoms with Crippen LogP contribution in [0.15, 0.2) is 29.3 Å². The molecule has 0 amide bonds. The molecule has 1 heterocycles. The van der Waals surface area contributed by atoms with E-state index in [9.17, 15) is 5.11 Å². The molecule has 1 aliphatic rings. The number of hydrogen-bond acceptors (Lipinski definition) is 5. The van der Waals surface area contributed by atoms with E-state index in [4.69, 9.17) is 9.47 Å². The zero-order valence-electron chi connectivity index (χ0n) is 19.1. The summed E-state index contributed by atoms with van der Waals surface area (Å²) < 4.78 is 11.1. The fraction of sp³-hybridized carbons (Fsp3) is 0.696. The molecule has 1 aromatic rings. The zero-order chi connectivity index (χ0) is 21.8. The largest absolute Gasteiger partial charge is 0.496 e. The van der Waals surface area contributed by atoms with E-state index in [1.54, 1.807) is 7.11 Å². The highest BCUT2D eigenvalue weighted by molar-refractivity contribution is 5.79. The van der Waals surface area contributed by atoms with Crippen LogP contribution in [0, 0.1) is 5.92 Å². The first kappa shape index (κ1) is 24.4. The van der Waals surface area contributed by atoms with Crippen LogP contribution in [0.2, 0.25) is 0 Å². The minimum Gasteiger partial charge on any atom is -0.496 e. The van der Waals surface area contributed by atoms with Gasteiger partial charge in [-0.3, -0.25) is 9.89 Å². The second-order valence-corrected chi connectivity index (χ2v) is 8.19. The summed E-state index contributed by atoms with van der Waals surface area (Å²) in [6.45, 7) is 11.1. The molecule has 0 saturated carbocycles. The lowest BCUT2D eigenvalue weighted by molar-refractivity contribution is 0.0301. The third kappa shape index (κ3) is 8.13. The third-order valence-electron chi connectivity index (χ3n) is 5.11.